The van der Waals surface area contributed by atoms with Crippen LogP contribution in [-0.4, -0.2) is 43.5 Å². The summed E-state index contributed by atoms with van der Waals surface area (Å²) in [5.74, 6) is 0.0644. The van der Waals surface area contributed by atoms with Crippen molar-refractivity contribution in [2.75, 3.05) is 32.1 Å². The summed E-state index contributed by atoms with van der Waals surface area (Å²) in [6, 6.07) is 17.6. The van der Waals surface area contributed by atoms with Crippen LogP contribution in [0.15, 0.2) is 54.6 Å². The lowest BCUT2D eigenvalue weighted by Gasteiger charge is -2.32. The zero-order chi connectivity index (χ0) is 20.5. The maximum atomic E-state index is 12.5. The van der Waals surface area contributed by atoms with Crippen molar-refractivity contribution < 1.29 is 14.3 Å². The fourth-order valence-electron chi connectivity index (χ4n) is 3.50. The Hall–Kier alpha value is -3.06. The Balaban J connectivity index is 1.42. The van der Waals surface area contributed by atoms with E-state index in [1.165, 1.54) is 5.56 Å². The minimum Gasteiger partial charge on any atom is -0.495 e. The highest BCUT2D eigenvalue weighted by molar-refractivity contribution is 5.85. The second kappa shape index (κ2) is 10.5. The molecule has 1 aliphatic rings. The number of rotatable bonds is 7. The molecule has 1 fully saturated rings. The molecule has 29 heavy (non-hydrogen) atoms. The first-order valence-electron chi connectivity index (χ1n) is 9.87. The highest BCUT2D eigenvalue weighted by Gasteiger charge is 2.26. The van der Waals surface area contributed by atoms with Gasteiger partial charge in [0.05, 0.1) is 25.3 Å². The van der Waals surface area contributed by atoms with Gasteiger partial charge in [-0.25, -0.2) is 0 Å². The van der Waals surface area contributed by atoms with Crippen LogP contribution in [0.5, 0.6) is 5.75 Å². The van der Waals surface area contributed by atoms with Crippen LogP contribution >= 0.6 is 0 Å². The first-order valence-corrected chi connectivity index (χ1v) is 9.87. The fraction of sp³-hybridized carbons (Fsp3) is 0.364. The summed E-state index contributed by atoms with van der Waals surface area (Å²) in [5.41, 5.74) is 7.02. The SMILES string of the molecule is COc1ccccc1NCC(=O)NNC(=O)C1CCCN(Cc2ccccc2)C1. The number of carbonyl (C=O) groups excluding carboxylic acids is 2. The van der Waals surface area contributed by atoms with E-state index in [0.717, 1.165) is 31.6 Å². The molecular formula is C22H28N4O3. The number of piperidine rings is 1. The van der Waals surface area contributed by atoms with Gasteiger partial charge >= 0.3 is 0 Å². The van der Waals surface area contributed by atoms with Gasteiger partial charge in [-0.15, -0.1) is 0 Å². The van der Waals surface area contributed by atoms with E-state index < -0.39 is 0 Å². The van der Waals surface area contributed by atoms with Crippen molar-refractivity contribution in [3.8, 4) is 5.75 Å². The largest absolute Gasteiger partial charge is 0.495 e. The quantitative estimate of drug-likeness (QED) is 0.625. The summed E-state index contributed by atoms with van der Waals surface area (Å²) < 4.78 is 5.24. The van der Waals surface area contributed by atoms with E-state index in [9.17, 15) is 9.59 Å². The van der Waals surface area contributed by atoms with E-state index in [0.29, 0.717) is 12.3 Å². The summed E-state index contributed by atoms with van der Waals surface area (Å²) in [6.07, 6.45) is 1.79. The number of carbonyl (C=O) groups is 2. The first kappa shape index (κ1) is 20.7. The van der Waals surface area contributed by atoms with Gasteiger partial charge in [0.25, 0.3) is 5.91 Å². The van der Waals surface area contributed by atoms with Crippen molar-refractivity contribution in [2.24, 2.45) is 5.92 Å². The lowest BCUT2D eigenvalue weighted by atomic mass is 9.97. The number of benzene rings is 2. The van der Waals surface area contributed by atoms with Gasteiger partial charge in [-0.1, -0.05) is 42.5 Å². The number of ether oxygens (including phenoxy) is 1. The number of amides is 2. The van der Waals surface area contributed by atoms with Crippen molar-refractivity contribution in [2.45, 2.75) is 19.4 Å². The van der Waals surface area contributed by atoms with Crippen LogP contribution in [0.25, 0.3) is 0 Å². The minimum absolute atomic E-state index is 0.0332. The minimum atomic E-state index is -0.318. The number of nitrogens with zero attached hydrogens (tertiary/aromatic N) is 1. The molecule has 1 heterocycles. The smallest absolute Gasteiger partial charge is 0.257 e. The maximum Gasteiger partial charge on any atom is 0.257 e. The van der Waals surface area contributed by atoms with Crippen molar-refractivity contribution >= 4 is 17.5 Å². The first-order chi connectivity index (χ1) is 14.2. The molecule has 2 aromatic rings. The Bertz CT molecular complexity index is 813. The lowest BCUT2D eigenvalue weighted by molar-refractivity contribution is -0.131. The molecule has 2 amide bonds. The van der Waals surface area contributed by atoms with Crippen molar-refractivity contribution in [3.63, 3.8) is 0 Å². The number of methoxy groups -OCH3 is 1. The normalized spacial score (nSPS) is 16.7. The number of hydrogen-bond acceptors (Lipinski definition) is 5. The van der Waals surface area contributed by atoms with Gasteiger partial charge in [-0.2, -0.15) is 0 Å². The van der Waals surface area contributed by atoms with Gasteiger partial charge in [0.1, 0.15) is 5.75 Å². The molecule has 0 saturated carbocycles. The molecule has 0 aliphatic carbocycles. The molecule has 0 bridgehead atoms. The molecule has 1 atom stereocenters. The van der Waals surface area contributed by atoms with Gasteiger partial charge in [0.15, 0.2) is 0 Å². The zero-order valence-electron chi connectivity index (χ0n) is 16.7. The van der Waals surface area contributed by atoms with Gasteiger partial charge < -0.3 is 10.1 Å². The van der Waals surface area contributed by atoms with Crippen LogP contribution in [0.2, 0.25) is 0 Å². The average molecular weight is 396 g/mol. The van der Waals surface area contributed by atoms with E-state index in [1.807, 2.05) is 42.5 Å². The Morgan fingerprint density at radius 3 is 2.62 bits per heavy atom. The molecule has 7 heteroatoms. The van der Waals surface area contributed by atoms with Crippen molar-refractivity contribution in [1.29, 1.82) is 0 Å². The van der Waals surface area contributed by atoms with E-state index in [4.69, 9.17) is 4.74 Å². The molecule has 2 aromatic carbocycles. The van der Waals surface area contributed by atoms with Crippen LogP contribution in [0.3, 0.4) is 0 Å². The Morgan fingerprint density at radius 2 is 1.83 bits per heavy atom. The van der Waals surface area contributed by atoms with Crippen molar-refractivity contribution in [3.05, 3.63) is 60.2 Å². The van der Waals surface area contributed by atoms with E-state index in [2.05, 4.69) is 33.2 Å². The number of likely N-dealkylation sites (tertiary alicyclic amines) is 1. The highest BCUT2D eigenvalue weighted by atomic mass is 16.5. The second-order valence-electron chi connectivity index (χ2n) is 7.15. The Morgan fingerprint density at radius 1 is 1.07 bits per heavy atom. The standard InChI is InChI=1S/C22H28N4O3/c1-29-20-12-6-5-11-19(20)23-14-21(27)24-25-22(28)18-10-7-13-26(16-18)15-17-8-3-2-4-9-17/h2-6,8-9,11-12,18,23H,7,10,13-16H2,1H3,(H,24,27)(H,25,28). The number of hydrogen-bond donors (Lipinski definition) is 3. The molecule has 0 radical (unpaired) electrons. The van der Waals surface area contributed by atoms with Crippen molar-refractivity contribution in [1.82, 2.24) is 15.8 Å². The summed E-state index contributed by atoms with van der Waals surface area (Å²) in [4.78, 5) is 26.8. The summed E-state index contributed by atoms with van der Waals surface area (Å²) in [6.45, 7) is 2.54. The molecule has 3 rings (SSSR count). The third-order valence-corrected chi connectivity index (χ3v) is 5.00. The molecule has 0 aromatic heterocycles. The number of nitrogens with one attached hydrogen (secondary N) is 3. The van der Waals surface area contributed by atoms with Gasteiger partial charge in [0, 0.05) is 13.1 Å². The molecule has 1 aliphatic heterocycles. The average Bonchev–Trinajstić information content (AvgIpc) is 2.77. The van der Waals surface area contributed by atoms with E-state index in [1.54, 1.807) is 7.11 Å². The van der Waals surface area contributed by atoms with Crippen LogP contribution in [-0.2, 0) is 16.1 Å². The van der Waals surface area contributed by atoms with E-state index in [-0.39, 0.29) is 24.3 Å². The van der Waals surface area contributed by atoms with Crippen LogP contribution in [0, 0.1) is 5.92 Å². The molecule has 3 N–H and O–H groups in total. The van der Waals surface area contributed by atoms with E-state index >= 15 is 0 Å². The Kier molecular flexibility index (Phi) is 7.47. The summed E-state index contributed by atoms with van der Waals surface area (Å²) in [7, 11) is 1.58. The highest BCUT2D eigenvalue weighted by Crippen LogP contribution is 2.22. The van der Waals surface area contributed by atoms with Gasteiger partial charge in [0.2, 0.25) is 5.91 Å². The van der Waals surface area contributed by atoms with Crippen LogP contribution in [0.1, 0.15) is 18.4 Å². The number of anilines is 1. The summed E-state index contributed by atoms with van der Waals surface area (Å²) in [5, 5.41) is 3.01. The molecule has 7 nitrogen and oxygen atoms in total. The maximum absolute atomic E-state index is 12.5. The topological polar surface area (TPSA) is 82.7 Å². The molecule has 1 saturated heterocycles. The number of para-hydroxylation sites is 2. The second-order valence-corrected chi connectivity index (χ2v) is 7.15. The number of hydrazine groups is 1. The van der Waals surface area contributed by atoms with Crippen LogP contribution in [0.4, 0.5) is 5.69 Å². The monoisotopic (exact) mass is 396 g/mol. The van der Waals surface area contributed by atoms with Gasteiger partial charge in [-0.3, -0.25) is 25.3 Å². The summed E-state index contributed by atoms with van der Waals surface area (Å²) >= 11 is 0. The van der Waals surface area contributed by atoms with Gasteiger partial charge in [-0.05, 0) is 37.1 Å². The fourth-order valence-corrected chi connectivity index (χ4v) is 3.50. The third-order valence-electron chi connectivity index (χ3n) is 5.00. The third kappa shape index (κ3) is 6.22. The predicted molar refractivity (Wildman–Crippen MR) is 112 cm³/mol. The lowest BCUT2D eigenvalue weighted by Crippen LogP contribution is -2.50. The predicted octanol–water partition coefficient (Wildman–Crippen LogP) is 2.17. The van der Waals surface area contributed by atoms with Crippen LogP contribution < -0.4 is 20.9 Å². The molecular weight excluding hydrogens is 368 g/mol. The molecule has 154 valence electrons. The zero-order valence-corrected chi connectivity index (χ0v) is 16.7. The molecule has 1 unspecified atom stereocenters. The Labute approximate surface area is 171 Å². The molecule has 0 spiro atoms.